The molecule has 0 N–H and O–H groups in total. The second kappa shape index (κ2) is 8.56. The van der Waals surface area contributed by atoms with E-state index in [9.17, 15) is 9.59 Å². The molecule has 0 atom stereocenters. The number of halogens is 1. The van der Waals surface area contributed by atoms with Crippen molar-refractivity contribution in [3.8, 4) is 5.75 Å². The highest BCUT2D eigenvalue weighted by Crippen LogP contribution is 2.36. The fourth-order valence-electron chi connectivity index (χ4n) is 3.31. The van der Waals surface area contributed by atoms with Crippen LogP contribution in [0.2, 0.25) is 5.02 Å². The highest BCUT2D eigenvalue weighted by atomic mass is 35.5. The zero-order valence-corrected chi connectivity index (χ0v) is 17.2. The number of rotatable bonds is 5. The highest BCUT2D eigenvalue weighted by Gasteiger charge is 2.30. The Labute approximate surface area is 180 Å². The van der Waals surface area contributed by atoms with E-state index in [0.29, 0.717) is 29.3 Å². The van der Waals surface area contributed by atoms with Gasteiger partial charge in [-0.15, -0.1) is 0 Å². The van der Waals surface area contributed by atoms with Gasteiger partial charge in [0.1, 0.15) is 0 Å². The van der Waals surface area contributed by atoms with Crippen molar-refractivity contribution in [3.63, 3.8) is 0 Å². The van der Waals surface area contributed by atoms with E-state index in [0.717, 1.165) is 16.8 Å². The Hall–Kier alpha value is -3.37. The second-order valence-corrected chi connectivity index (χ2v) is 7.43. The minimum absolute atomic E-state index is 0.0854. The molecule has 1 heterocycles. The van der Waals surface area contributed by atoms with Crippen LogP contribution in [0.1, 0.15) is 34.8 Å². The van der Waals surface area contributed by atoms with E-state index < -0.39 is 0 Å². The fraction of sp³-hybridized carbons (Fsp3) is 0.120. The lowest BCUT2D eigenvalue weighted by Crippen LogP contribution is -2.36. The van der Waals surface area contributed by atoms with Crippen LogP contribution in [0, 0.1) is 0 Å². The van der Waals surface area contributed by atoms with Crippen LogP contribution in [0.15, 0.2) is 78.6 Å². The van der Waals surface area contributed by atoms with E-state index in [1.807, 2.05) is 67.6 Å². The molecule has 0 saturated carbocycles. The average Bonchev–Trinajstić information content (AvgIpc) is 2.78. The molecule has 1 aliphatic rings. The Morgan fingerprint density at radius 1 is 1.00 bits per heavy atom. The van der Waals surface area contributed by atoms with Gasteiger partial charge in [0.05, 0.1) is 12.2 Å². The molecule has 0 aromatic heterocycles. The van der Waals surface area contributed by atoms with Gasteiger partial charge >= 0.3 is 0 Å². The molecule has 1 amide bonds. The van der Waals surface area contributed by atoms with Crippen molar-refractivity contribution in [2.24, 2.45) is 0 Å². The van der Waals surface area contributed by atoms with E-state index in [2.05, 4.69) is 0 Å². The Kier molecular flexibility index (Phi) is 5.68. The van der Waals surface area contributed by atoms with Crippen LogP contribution >= 0.6 is 11.6 Å². The maximum Gasteiger partial charge on any atom is 0.294 e. The number of fused-ring (bicyclic) bond motifs is 1. The largest absolute Gasteiger partial charge is 0.449 e. The summed E-state index contributed by atoms with van der Waals surface area (Å²) in [6.45, 7) is 2.23. The molecule has 1 aliphatic heterocycles. The number of Topliss-reactive ketones (excluding diaryl/α,β-unsaturated/α-hetero) is 1. The highest BCUT2D eigenvalue weighted by molar-refractivity contribution is 6.30. The van der Waals surface area contributed by atoms with Crippen molar-refractivity contribution in [1.82, 2.24) is 0 Å². The van der Waals surface area contributed by atoms with Crippen molar-refractivity contribution < 1.29 is 14.3 Å². The summed E-state index contributed by atoms with van der Waals surface area (Å²) in [7, 11) is 0. The smallest absolute Gasteiger partial charge is 0.294 e. The zero-order chi connectivity index (χ0) is 21.1. The molecular formula is C25H20ClNO3. The molecule has 0 bridgehead atoms. The summed E-state index contributed by atoms with van der Waals surface area (Å²) in [5.41, 5.74) is 3.13. The number of amides is 1. The molecular weight excluding hydrogens is 398 g/mol. The van der Waals surface area contributed by atoms with Gasteiger partial charge in [-0.25, -0.2) is 0 Å². The third kappa shape index (κ3) is 4.14. The number of benzene rings is 3. The van der Waals surface area contributed by atoms with Crippen molar-refractivity contribution in [2.45, 2.75) is 19.9 Å². The molecule has 30 heavy (non-hydrogen) atoms. The molecule has 150 valence electrons. The number of hydrogen-bond donors (Lipinski definition) is 0. The predicted molar refractivity (Wildman–Crippen MR) is 119 cm³/mol. The second-order valence-electron chi connectivity index (χ2n) is 6.99. The third-order valence-electron chi connectivity index (χ3n) is 4.94. The van der Waals surface area contributed by atoms with Crippen LogP contribution in [-0.2, 0) is 11.3 Å². The molecule has 3 aromatic rings. The van der Waals surface area contributed by atoms with E-state index in [1.165, 1.54) is 0 Å². The fourth-order valence-corrected chi connectivity index (χ4v) is 3.44. The number of carbonyl (C=O) groups is 2. The van der Waals surface area contributed by atoms with E-state index in [1.54, 1.807) is 23.1 Å². The van der Waals surface area contributed by atoms with Gasteiger partial charge in [0, 0.05) is 17.0 Å². The normalized spacial score (nSPS) is 14.4. The molecule has 0 unspecified atom stereocenters. The summed E-state index contributed by atoms with van der Waals surface area (Å²) in [6, 6.07) is 22.1. The van der Waals surface area contributed by atoms with Crippen LogP contribution < -0.4 is 9.64 Å². The van der Waals surface area contributed by atoms with Gasteiger partial charge in [-0.05, 0) is 41.5 Å². The molecule has 0 spiro atoms. The molecule has 0 saturated heterocycles. The average molecular weight is 418 g/mol. The third-order valence-corrected chi connectivity index (χ3v) is 5.19. The van der Waals surface area contributed by atoms with Crippen LogP contribution in [0.4, 0.5) is 5.69 Å². The van der Waals surface area contributed by atoms with E-state index >= 15 is 0 Å². The van der Waals surface area contributed by atoms with Crippen molar-refractivity contribution >= 4 is 35.1 Å². The van der Waals surface area contributed by atoms with Gasteiger partial charge in [-0.1, -0.05) is 67.1 Å². The molecule has 5 heteroatoms. The van der Waals surface area contributed by atoms with Gasteiger partial charge < -0.3 is 4.74 Å². The number of hydrogen-bond acceptors (Lipinski definition) is 3. The number of para-hydroxylation sites is 2. The molecule has 4 nitrogen and oxygen atoms in total. The van der Waals surface area contributed by atoms with Crippen molar-refractivity contribution in [3.05, 3.63) is 100 Å². The minimum Gasteiger partial charge on any atom is -0.449 e. The molecule has 0 fully saturated rings. The maximum atomic E-state index is 13.2. The number of carbonyl (C=O) groups excluding carboxylic acids is 2. The number of nitrogens with zero attached hydrogens (tertiary/aromatic N) is 1. The first kappa shape index (κ1) is 19.9. The maximum absolute atomic E-state index is 13.2. The Bertz CT molecular complexity index is 1120. The van der Waals surface area contributed by atoms with Gasteiger partial charge in [-0.3, -0.25) is 14.5 Å². The van der Waals surface area contributed by atoms with E-state index in [-0.39, 0.29) is 17.4 Å². The number of anilines is 1. The minimum atomic E-state index is -0.225. The van der Waals surface area contributed by atoms with Crippen LogP contribution in [-0.4, -0.2) is 11.7 Å². The quantitative estimate of drug-likeness (QED) is 0.383. The van der Waals surface area contributed by atoms with Crippen LogP contribution in [0.25, 0.3) is 6.08 Å². The SMILES string of the molecule is CCC(=O)c1ccc(/C=C2\Oc3ccccc3N(Cc3ccc(Cl)cc3)C2=O)cc1. The molecule has 4 rings (SSSR count). The summed E-state index contributed by atoms with van der Waals surface area (Å²) in [6.07, 6.45) is 2.16. The number of ketones is 1. The molecule has 0 aliphatic carbocycles. The summed E-state index contributed by atoms with van der Waals surface area (Å²) in [4.78, 5) is 26.8. The first-order chi connectivity index (χ1) is 14.5. The lowest BCUT2D eigenvalue weighted by atomic mass is 10.1. The molecule has 3 aromatic carbocycles. The lowest BCUT2D eigenvalue weighted by Gasteiger charge is -2.30. The summed E-state index contributed by atoms with van der Waals surface area (Å²) < 4.78 is 5.92. The predicted octanol–water partition coefficient (Wildman–Crippen LogP) is 5.90. The summed E-state index contributed by atoms with van der Waals surface area (Å²) >= 11 is 5.99. The van der Waals surface area contributed by atoms with Crippen LogP contribution in [0.5, 0.6) is 5.75 Å². The first-order valence-electron chi connectivity index (χ1n) is 9.73. The van der Waals surface area contributed by atoms with Crippen molar-refractivity contribution in [2.75, 3.05) is 4.90 Å². The number of ether oxygens (including phenoxy) is 1. The summed E-state index contributed by atoms with van der Waals surface area (Å²) in [5, 5.41) is 0.651. The monoisotopic (exact) mass is 417 g/mol. The topological polar surface area (TPSA) is 46.6 Å². The lowest BCUT2D eigenvalue weighted by molar-refractivity contribution is -0.117. The Morgan fingerprint density at radius 3 is 2.40 bits per heavy atom. The van der Waals surface area contributed by atoms with E-state index in [4.69, 9.17) is 16.3 Å². The van der Waals surface area contributed by atoms with Gasteiger partial charge in [-0.2, -0.15) is 0 Å². The van der Waals surface area contributed by atoms with Gasteiger partial charge in [0.25, 0.3) is 5.91 Å². The van der Waals surface area contributed by atoms with Gasteiger partial charge in [0.15, 0.2) is 17.3 Å². The Balaban J connectivity index is 1.66. The summed E-state index contributed by atoms with van der Waals surface area (Å²) in [5.74, 6) is 0.715. The van der Waals surface area contributed by atoms with Crippen molar-refractivity contribution in [1.29, 1.82) is 0 Å². The standard InChI is InChI=1S/C25H20ClNO3/c1-2-22(28)19-11-7-17(8-12-19)15-24-25(29)27(16-18-9-13-20(26)14-10-18)21-5-3-4-6-23(21)30-24/h3-15H,2,16H2,1H3/b24-15-. The van der Waals surface area contributed by atoms with Gasteiger partial charge in [0.2, 0.25) is 0 Å². The zero-order valence-electron chi connectivity index (χ0n) is 16.5. The molecule has 0 radical (unpaired) electrons. The first-order valence-corrected chi connectivity index (χ1v) is 10.1. The Morgan fingerprint density at radius 2 is 1.70 bits per heavy atom. The van der Waals surface area contributed by atoms with Crippen LogP contribution in [0.3, 0.4) is 0 Å².